The molecule has 0 spiro atoms. The molecule has 5 N–H and O–H groups in total. The first kappa shape index (κ1) is 39.7. The number of nitrogens with one attached hydrogen (secondary N) is 3. The topological polar surface area (TPSA) is 150 Å². The Hall–Kier alpha value is -3.48. The maximum Gasteiger partial charge on any atom is 0.336 e. The number of nitrogens with two attached hydrogens (primary N) is 1. The van der Waals surface area contributed by atoms with Crippen molar-refractivity contribution in [2.75, 3.05) is 53.5 Å². The van der Waals surface area contributed by atoms with Gasteiger partial charge in [-0.3, -0.25) is 15.1 Å². The molecule has 2 aromatic carbocycles. The van der Waals surface area contributed by atoms with E-state index in [0.29, 0.717) is 69.1 Å². The number of hydrogen-bond acceptors (Lipinski definition) is 8. The van der Waals surface area contributed by atoms with E-state index in [2.05, 4.69) is 15.5 Å². The third-order valence-corrected chi connectivity index (χ3v) is 8.59. The van der Waals surface area contributed by atoms with Crippen LogP contribution in [-0.2, 0) is 30.3 Å². The SMILES string of the molecule is COC(=O)C1=C(CCc2ccccc2)NC(CC(=O)N2CCN(CCNC(=N)N)CC2)=C(C(=O)OC)C1c1c(Cl)cccc1Cl.Cl.Cl. The number of guanidine groups is 1. The molecule has 2 aliphatic heterocycles. The van der Waals surface area contributed by atoms with Gasteiger partial charge >= 0.3 is 11.9 Å². The van der Waals surface area contributed by atoms with Gasteiger partial charge in [-0.15, -0.1) is 24.8 Å². The molecule has 0 bridgehead atoms. The number of amides is 1. The summed E-state index contributed by atoms with van der Waals surface area (Å²) in [5, 5.41) is 13.9. The molecule has 4 rings (SSSR count). The number of esters is 2. The van der Waals surface area contributed by atoms with Crippen LogP contribution in [0.5, 0.6) is 0 Å². The number of carbonyl (C=O) groups excluding carboxylic acids is 3. The number of halogens is 4. The van der Waals surface area contributed by atoms with Gasteiger partial charge in [-0.1, -0.05) is 59.6 Å². The Morgan fingerprint density at radius 3 is 2.02 bits per heavy atom. The Balaban J connectivity index is 0.00000384. The number of aryl methyl sites for hydroxylation is 1. The molecule has 2 aliphatic rings. The number of rotatable bonds is 11. The number of allylic oxidation sites excluding steroid dienone is 1. The van der Waals surface area contributed by atoms with E-state index < -0.39 is 17.9 Å². The lowest BCUT2D eigenvalue weighted by molar-refractivity contribution is -0.137. The summed E-state index contributed by atoms with van der Waals surface area (Å²) in [5.74, 6) is -2.70. The van der Waals surface area contributed by atoms with E-state index in [-0.39, 0.29) is 64.3 Å². The molecule has 2 heterocycles. The summed E-state index contributed by atoms with van der Waals surface area (Å²) in [4.78, 5) is 44.7. The molecule has 2 aromatic rings. The fourth-order valence-electron chi connectivity index (χ4n) is 5.67. The Morgan fingerprint density at radius 1 is 0.894 bits per heavy atom. The molecule has 15 heteroatoms. The largest absolute Gasteiger partial charge is 0.466 e. The Labute approximate surface area is 297 Å². The van der Waals surface area contributed by atoms with Gasteiger partial charge < -0.3 is 30.7 Å². The Morgan fingerprint density at radius 2 is 1.47 bits per heavy atom. The number of benzene rings is 2. The summed E-state index contributed by atoms with van der Waals surface area (Å²) >= 11 is 13.4. The average molecular weight is 731 g/mol. The van der Waals surface area contributed by atoms with Crippen molar-refractivity contribution in [1.29, 1.82) is 5.41 Å². The van der Waals surface area contributed by atoms with Gasteiger partial charge in [0.05, 0.1) is 37.7 Å². The maximum absolute atomic E-state index is 13.7. The van der Waals surface area contributed by atoms with Crippen LogP contribution in [0.1, 0.15) is 29.9 Å². The van der Waals surface area contributed by atoms with E-state index in [0.717, 1.165) is 5.56 Å². The number of hydrogen-bond donors (Lipinski definition) is 4. The Bertz CT molecular complexity index is 1480. The van der Waals surface area contributed by atoms with Crippen LogP contribution >= 0.6 is 48.0 Å². The summed E-state index contributed by atoms with van der Waals surface area (Å²) in [6.07, 6.45) is 0.812. The number of carbonyl (C=O) groups is 3. The fraction of sp³-hybridized carbons (Fsp3) is 0.375. The molecule has 256 valence electrons. The molecule has 11 nitrogen and oxygen atoms in total. The standard InChI is InChI=1S/C32H38Cl2N6O5.2ClH/c1-44-30(42)27-23(12-11-20-7-4-3-5-8-20)38-24(19-25(41)40-17-15-39(16-18-40)14-13-37-32(35)36)28(31(43)45-2)29(27)26-21(33)9-6-10-22(26)34;;/h3-10,29,38H,11-19H2,1-2H3,(H4,35,36,37);2*1H. The highest BCUT2D eigenvalue weighted by molar-refractivity contribution is 6.36. The molecular formula is C32H40Cl4N6O5. The second-order valence-corrected chi connectivity index (χ2v) is 11.5. The van der Waals surface area contributed by atoms with Gasteiger partial charge in [0.1, 0.15) is 0 Å². The third-order valence-electron chi connectivity index (χ3n) is 7.93. The fourth-order valence-corrected chi connectivity index (χ4v) is 6.29. The van der Waals surface area contributed by atoms with Crippen molar-refractivity contribution in [2.45, 2.75) is 25.2 Å². The van der Waals surface area contributed by atoms with Crippen LogP contribution in [0.2, 0.25) is 10.0 Å². The van der Waals surface area contributed by atoms with Crippen LogP contribution in [0, 0.1) is 5.41 Å². The molecule has 0 aliphatic carbocycles. The molecule has 1 saturated heterocycles. The van der Waals surface area contributed by atoms with Crippen molar-refractivity contribution >= 4 is 71.8 Å². The van der Waals surface area contributed by atoms with Gasteiger partial charge in [0.2, 0.25) is 5.91 Å². The van der Waals surface area contributed by atoms with Gasteiger partial charge in [0.25, 0.3) is 0 Å². The summed E-state index contributed by atoms with van der Waals surface area (Å²) < 4.78 is 10.4. The quantitative estimate of drug-likeness (QED) is 0.153. The molecule has 1 unspecified atom stereocenters. The van der Waals surface area contributed by atoms with Crippen molar-refractivity contribution in [1.82, 2.24) is 20.4 Å². The smallest absolute Gasteiger partial charge is 0.336 e. The van der Waals surface area contributed by atoms with E-state index >= 15 is 0 Å². The molecule has 0 aromatic heterocycles. The number of dihydropyridines is 1. The molecule has 1 fully saturated rings. The highest BCUT2D eigenvalue weighted by atomic mass is 35.5. The zero-order chi connectivity index (χ0) is 32.5. The summed E-state index contributed by atoms with van der Waals surface area (Å²) in [6.45, 7) is 3.50. The van der Waals surface area contributed by atoms with Crippen LogP contribution in [0.3, 0.4) is 0 Å². The van der Waals surface area contributed by atoms with E-state index in [1.54, 1.807) is 23.1 Å². The van der Waals surface area contributed by atoms with Crippen LogP contribution in [0.15, 0.2) is 71.1 Å². The molecule has 1 amide bonds. The second kappa shape index (κ2) is 18.8. The van der Waals surface area contributed by atoms with Gasteiger partial charge in [-0.2, -0.15) is 0 Å². The molecule has 0 saturated carbocycles. The monoisotopic (exact) mass is 728 g/mol. The molecule has 47 heavy (non-hydrogen) atoms. The number of methoxy groups -OCH3 is 2. The first-order valence-electron chi connectivity index (χ1n) is 14.6. The highest BCUT2D eigenvalue weighted by Gasteiger charge is 2.42. The third kappa shape index (κ3) is 10.0. The predicted octanol–water partition coefficient (Wildman–Crippen LogP) is 4.03. The lowest BCUT2D eigenvalue weighted by atomic mass is 9.78. The van der Waals surface area contributed by atoms with Gasteiger partial charge in [0, 0.05) is 66.3 Å². The summed E-state index contributed by atoms with van der Waals surface area (Å²) in [5.41, 5.74) is 7.82. The van der Waals surface area contributed by atoms with Crippen LogP contribution in [0.25, 0.3) is 0 Å². The second-order valence-electron chi connectivity index (χ2n) is 10.7. The van der Waals surface area contributed by atoms with Gasteiger partial charge in [-0.25, -0.2) is 9.59 Å². The zero-order valence-corrected chi connectivity index (χ0v) is 29.3. The van der Waals surface area contributed by atoms with Crippen molar-refractivity contribution in [3.63, 3.8) is 0 Å². The van der Waals surface area contributed by atoms with Crippen molar-refractivity contribution in [2.24, 2.45) is 5.73 Å². The average Bonchev–Trinajstić information content (AvgIpc) is 3.03. The van der Waals surface area contributed by atoms with Gasteiger partial charge in [0.15, 0.2) is 5.96 Å². The molecular weight excluding hydrogens is 690 g/mol. The predicted molar refractivity (Wildman–Crippen MR) is 187 cm³/mol. The first-order valence-corrected chi connectivity index (χ1v) is 15.4. The number of piperazine rings is 1. The Kier molecular flexibility index (Phi) is 15.8. The van der Waals surface area contributed by atoms with Crippen LogP contribution in [0.4, 0.5) is 0 Å². The summed E-state index contributed by atoms with van der Waals surface area (Å²) in [6, 6.07) is 14.7. The highest BCUT2D eigenvalue weighted by Crippen LogP contribution is 2.46. The minimum Gasteiger partial charge on any atom is -0.466 e. The van der Waals surface area contributed by atoms with Crippen molar-refractivity contribution in [3.05, 3.63) is 92.2 Å². The maximum atomic E-state index is 13.7. The lowest BCUT2D eigenvalue weighted by Crippen LogP contribution is -2.51. The molecule has 0 radical (unpaired) electrons. The van der Waals surface area contributed by atoms with E-state index in [4.69, 9.17) is 43.8 Å². The number of ether oxygens (including phenoxy) is 2. The normalized spacial score (nSPS) is 16.3. The van der Waals surface area contributed by atoms with Crippen molar-refractivity contribution < 1.29 is 23.9 Å². The van der Waals surface area contributed by atoms with E-state index in [9.17, 15) is 14.4 Å². The number of nitrogens with zero attached hydrogens (tertiary/aromatic N) is 2. The summed E-state index contributed by atoms with van der Waals surface area (Å²) in [7, 11) is 2.51. The minimum atomic E-state index is -1.05. The first-order chi connectivity index (χ1) is 21.6. The van der Waals surface area contributed by atoms with E-state index in [1.165, 1.54) is 14.2 Å². The van der Waals surface area contributed by atoms with Crippen LogP contribution in [-0.4, -0.2) is 87.1 Å². The van der Waals surface area contributed by atoms with Gasteiger partial charge in [-0.05, 0) is 30.5 Å². The van der Waals surface area contributed by atoms with Crippen LogP contribution < -0.4 is 16.4 Å². The lowest BCUT2D eigenvalue weighted by Gasteiger charge is -2.36. The van der Waals surface area contributed by atoms with Crippen molar-refractivity contribution in [3.8, 4) is 0 Å². The molecule has 1 atom stereocenters. The zero-order valence-electron chi connectivity index (χ0n) is 26.1. The van der Waals surface area contributed by atoms with E-state index in [1.807, 2.05) is 30.3 Å². The minimum absolute atomic E-state index is 0.